The molecule has 0 spiro atoms. The predicted molar refractivity (Wildman–Crippen MR) is 107 cm³/mol. The van der Waals surface area contributed by atoms with Gasteiger partial charge in [0, 0.05) is 11.6 Å². The summed E-state index contributed by atoms with van der Waals surface area (Å²) in [6.07, 6.45) is 5.23. The van der Waals surface area contributed by atoms with E-state index >= 15 is 0 Å². The first-order chi connectivity index (χ1) is 11.8. The molecule has 0 saturated carbocycles. The highest BCUT2D eigenvalue weighted by atomic mass is 35.5. The monoisotopic (exact) mass is 366 g/mol. The highest BCUT2D eigenvalue weighted by Gasteiger charge is 2.00. The Kier molecular flexibility index (Phi) is 23.4. The number of carboxylic acids is 2. The number of carbonyl (C=O) groups is 2. The molecule has 25 heavy (non-hydrogen) atoms. The summed E-state index contributed by atoms with van der Waals surface area (Å²) < 4.78 is 0. The van der Waals surface area contributed by atoms with Crippen molar-refractivity contribution < 1.29 is 19.8 Å². The van der Waals surface area contributed by atoms with Crippen LogP contribution in [0.1, 0.15) is 31.7 Å². The molecule has 0 heterocycles. The number of aliphatic carboxylic acids is 2. The normalized spacial score (nSPS) is 7.76. The number of rotatable bonds is 6. The summed E-state index contributed by atoms with van der Waals surface area (Å²) in [7, 11) is 0. The summed E-state index contributed by atoms with van der Waals surface area (Å²) >= 11 is 4.76. The van der Waals surface area contributed by atoms with Crippen LogP contribution in [-0.2, 0) is 9.59 Å². The van der Waals surface area contributed by atoms with Crippen LogP contribution in [-0.4, -0.2) is 22.2 Å². The quantitative estimate of drug-likeness (QED) is 0.626. The molecule has 1 aromatic rings. The Hall–Kier alpha value is -2.59. The van der Waals surface area contributed by atoms with Gasteiger partial charge in [0.2, 0.25) is 0 Å². The molecule has 0 atom stereocenters. The van der Waals surface area contributed by atoms with Gasteiger partial charge in [-0.15, -0.1) is 0 Å². The first-order valence-electron chi connectivity index (χ1n) is 7.45. The maximum Gasteiger partial charge on any atom is 0.330 e. The molecule has 1 rings (SSSR count). The number of halogens is 1. The standard InChI is InChI=1S/C8H8.C7H12O2.C3H4O2.C2H3Cl/c1-2-8-6-4-3-5-7-8;1-3-4-5-6(2)7(8)9;1-2-3(4)5;1-2-3/h2-7H,1H2;2-5H2,1H3,(H,8,9);2H,1H2,(H,4,5);2H,1H2. The van der Waals surface area contributed by atoms with Crippen molar-refractivity contribution in [3.8, 4) is 0 Å². The molecule has 0 radical (unpaired) electrons. The molecule has 5 heteroatoms. The molecular formula is C20H27ClO4. The fourth-order valence-corrected chi connectivity index (χ4v) is 1.09. The van der Waals surface area contributed by atoms with E-state index in [9.17, 15) is 9.59 Å². The average molecular weight is 367 g/mol. The van der Waals surface area contributed by atoms with Crippen LogP contribution in [0.3, 0.4) is 0 Å². The van der Waals surface area contributed by atoms with Crippen molar-refractivity contribution in [2.75, 3.05) is 0 Å². The number of hydrogen-bond donors (Lipinski definition) is 2. The van der Waals surface area contributed by atoms with E-state index in [1.807, 2.05) is 43.3 Å². The molecular weight excluding hydrogens is 340 g/mol. The largest absolute Gasteiger partial charge is 0.478 e. The van der Waals surface area contributed by atoms with E-state index in [1.165, 1.54) is 11.1 Å². The van der Waals surface area contributed by atoms with Gasteiger partial charge in [0.1, 0.15) is 0 Å². The fourth-order valence-electron chi connectivity index (χ4n) is 1.09. The third-order valence-corrected chi connectivity index (χ3v) is 2.34. The van der Waals surface area contributed by atoms with Gasteiger partial charge in [0.15, 0.2) is 0 Å². The van der Waals surface area contributed by atoms with E-state index in [-0.39, 0.29) is 0 Å². The highest BCUT2D eigenvalue weighted by Crippen LogP contribution is 2.03. The number of hydrogen-bond acceptors (Lipinski definition) is 2. The SMILES string of the molecule is C=C(CCCC)C(=O)O.C=CC(=O)O.C=CCl.C=Cc1ccccc1. The zero-order chi connectivity index (χ0) is 20.1. The van der Waals surface area contributed by atoms with Crippen molar-refractivity contribution in [3.63, 3.8) is 0 Å². The van der Waals surface area contributed by atoms with Gasteiger partial charge in [-0.05, 0) is 23.9 Å². The first kappa shape index (κ1) is 27.3. The molecule has 0 aliphatic heterocycles. The van der Waals surface area contributed by atoms with Crippen LogP contribution >= 0.6 is 11.6 Å². The molecule has 0 saturated heterocycles. The van der Waals surface area contributed by atoms with Crippen LogP contribution < -0.4 is 0 Å². The van der Waals surface area contributed by atoms with Crippen molar-refractivity contribution in [3.05, 3.63) is 79.4 Å². The number of unbranched alkanes of at least 4 members (excludes halogenated alkanes) is 1. The van der Waals surface area contributed by atoms with Crippen molar-refractivity contribution in [1.82, 2.24) is 0 Å². The third kappa shape index (κ3) is 26.6. The van der Waals surface area contributed by atoms with Crippen LogP contribution in [0.25, 0.3) is 6.08 Å². The molecule has 138 valence electrons. The van der Waals surface area contributed by atoms with Gasteiger partial charge in [0.05, 0.1) is 0 Å². The smallest absolute Gasteiger partial charge is 0.330 e. The van der Waals surface area contributed by atoms with E-state index in [2.05, 4.69) is 26.3 Å². The number of carboxylic acid groups (broad SMARTS) is 2. The molecule has 4 nitrogen and oxygen atoms in total. The van der Waals surface area contributed by atoms with Gasteiger partial charge in [-0.1, -0.05) is 87.7 Å². The van der Waals surface area contributed by atoms with Crippen molar-refractivity contribution in [1.29, 1.82) is 0 Å². The van der Waals surface area contributed by atoms with Gasteiger partial charge >= 0.3 is 11.9 Å². The fraction of sp³-hybridized carbons (Fsp3) is 0.200. The van der Waals surface area contributed by atoms with Crippen molar-refractivity contribution in [2.45, 2.75) is 26.2 Å². The van der Waals surface area contributed by atoms with Gasteiger partial charge in [-0.2, -0.15) is 0 Å². The Morgan fingerprint density at radius 1 is 1.12 bits per heavy atom. The molecule has 0 amide bonds. The summed E-state index contributed by atoms with van der Waals surface area (Å²) in [5, 5.41) is 15.9. The van der Waals surface area contributed by atoms with E-state index in [4.69, 9.17) is 21.8 Å². The zero-order valence-electron chi connectivity index (χ0n) is 14.7. The Morgan fingerprint density at radius 3 is 1.80 bits per heavy atom. The maximum atomic E-state index is 10.1. The Morgan fingerprint density at radius 2 is 1.56 bits per heavy atom. The summed E-state index contributed by atoms with van der Waals surface area (Å²) in [6.45, 7) is 15.1. The zero-order valence-corrected chi connectivity index (χ0v) is 15.4. The Labute approximate surface area is 155 Å². The molecule has 0 fully saturated rings. The first-order valence-corrected chi connectivity index (χ1v) is 7.89. The van der Waals surface area contributed by atoms with E-state index in [1.54, 1.807) is 0 Å². The second kappa shape index (κ2) is 21.4. The molecule has 2 N–H and O–H groups in total. The topological polar surface area (TPSA) is 74.6 Å². The third-order valence-electron chi connectivity index (χ3n) is 2.34. The van der Waals surface area contributed by atoms with E-state index in [0.29, 0.717) is 12.0 Å². The lowest BCUT2D eigenvalue weighted by molar-refractivity contribution is -0.133. The molecule has 0 aliphatic rings. The molecule has 0 aromatic heterocycles. The highest BCUT2D eigenvalue weighted by molar-refractivity contribution is 6.25. The Balaban J connectivity index is -0.000000278. The second-order valence-electron chi connectivity index (χ2n) is 4.32. The van der Waals surface area contributed by atoms with Gasteiger partial charge in [-0.3, -0.25) is 0 Å². The van der Waals surface area contributed by atoms with Crippen molar-refractivity contribution >= 4 is 29.6 Å². The lowest BCUT2D eigenvalue weighted by Crippen LogP contribution is -1.97. The summed E-state index contributed by atoms with van der Waals surface area (Å²) in [6, 6.07) is 10.0. The van der Waals surface area contributed by atoms with E-state index in [0.717, 1.165) is 18.9 Å². The van der Waals surface area contributed by atoms with Crippen molar-refractivity contribution in [2.24, 2.45) is 0 Å². The molecule has 1 aromatic carbocycles. The minimum absolute atomic E-state index is 0.317. The lowest BCUT2D eigenvalue weighted by Gasteiger charge is -1.95. The van der Waals surface area contributed by atoms with Crippen LogP contribution in [0, 0.1) is 0 Å². The van der Waals surface area contributed by atoms with Crippen LogP contribution in [0.4, 0.5) is 0 Å². The van der Waals surface area contributed by atoms with Crippen LogP contribution in [0.15, 0.2) is 73.8 Å². The minimum Gasteiger partial charge on any atom is -0.478 e. The molecule has 0 bridgehead atoms. The maximum absolute atomic E-state index is 10.1. The predicted octanol–water partition coefficient (Wildman–Crippen LogP) is 5.77. The molecule has 0 aliphatic carbocycles. The lowest BCUT2D eigenvalue weighted by atomic mass is 10.1. The second-order valence-corrected chi connectivity index (χ2v) is 4.63. The Bertz CT molecular complexity index is 522. The number of benzene rings is 1. The van der Waals surface area contributed by atoms with Gasteiger partial charge in [-0.25, -0.2) is 9.59 Å². The average Bonchev–Trinajstić information content (AvgIpc) is 2.61. The minimum atomic E-state index is -0.981. The summed E-state index contributed by atoms with van der Waals surface area (Å²) in [5.74, 6) is -1.85. The van der Waals surface area contributed by atoms with Crippen LogP contribution in [0.2, 0.25) is 0 Å². The van der Waals surface area contributed by atoms with Gasteiger partial charge in [0.25, 0.3) is 0 Å². The van der Waals surface area contributed by atoms with Gasteiger partial charge < -0.3 is 10.2 Å². The summed E-state index contributed by atoms with van der Waals surface area (Å²) in [4.78, 5) is 19.4. The van der Waals surface area contributed by atoms with Crippen LogP contribution in [0.5, 0.6) is 0 Å². The molecule has 0 unspecified atom stereocenters. The van der Waals surface area contributed by atoms with E-state index < -0.39 is 11.9 Å². The summed E-state index contributed by atoms with van der Waals surface area (Å²) in [5.41, 5.74) is 2.71.